The van der Waals surface area contributed by atoms with E-state index < -0.39 is 6.10 Å². The van der Waals surface area contributed by atoms with Gasteiger partial charge < -0.3 is 10.4 Å². The van der Waals surface area contributed by atoms with Crippen LogP contribution in [0.2, 0.25) is 5.02 Å². The van der Waals surface area contributed by atoms with Gasteiger partial charge in [-0.1, -0.05) is 35.9 Å². The molecule has 0 aliphatic heterocycles. The van der Waals surface area contributed by atoms with Crippen molar-refractivity contribution in [3.8, 4) is 0 Å². The molecule has 2 atom stereocenters. The predicted molar refractivity (Wildman–Crippen MR) is 82.5 cm³/mol. The molecule has 0 saturated heterocycles. The summed E-state index contributed by atoms with van der Waals surface area (Å²) in [6.45, 7) is 1.85. The maximum Gasteiger partial charge on any atom is 0.252 e. The maximum atomic E-state index is 12.4. The first-order chi connectivity index (χ1) is 10.1. The second kappa shape index (κ2) is 5.51. The molecule has 0 aromatic heterocycles. The van der Waals surface area contributed by atoms with Crippen molar-refractivity contribution >= 4 is 17.5 Å². The molecule has 21 heavy (non-hydrogen) atoms. The molecule has 0 saturated carbocycles. The monoisotopic (exact) mass is 301 g/mol. The summed E-state index contributed by atoms with van der Waals surface area (Å²) in [5, 5.41) is 13.7. The van der Waals surface area contributed by atoms with Gasteiger partial charge in [0.1, 0.15) is 0 Å². The maximum absolute atomic E-state index is 12.4. The van der Waals surface area contributed by atoms with Crippen molar-refractivity contribution in [1.29, 1.82) is 0 Å². The quantitative estimate of drug-likeness (QED) is 0.896. The van der Waals surface area contributed by atoms with Crippen molar-refractivity contribution in [2.75, 3.05) is 0 Å². The minimum Gasteiger partial charge on any atom is -0.390 e. The first kappa shape index (κ1) is 14.1. The Morgan fingerprint density at radius 1 is 1.29 bits per heavy atom. The number of carbonyl (C=O) groups excluding carboxylic acids is 1. The van der Waals surface area contributed by atoms with E-state index in [1.165, 1.54) is 0 Å². The van der Waals surface area contributed by atoms with Crippen LogP contribution in [0.1, 0.15) is 33.1 Å². The van der Waals surface area contributed by atoms with E-state index in [1.807, 2.05) is 31.2 Å². The zero-order valence-electron chi connectivity index (χ0n) is 11.6. The van der Waals surface area contributed by atoms with E-state index in [0.717, 1.165) is 16.7 Å². The van der Waals surface area contributed by atoms with Crippen molar-refractivity contribution < 1.29 is 9.90 Å². The van der Waals surface area contributed by atoms with E-state index in [9.17, 15) is 9.90 Å². The lowest BCUT2D eigenvalue weighted by atomic mass is 10.1. The molecule has 1 amide bonds. The van der Waals surface area contributed by atoms with Gasteiger partial charge in [0.15, 0.2) is 0 Å². The molecule has 2 N–H and O–H groups in total. The number of halogens is 1. The number of aliphatic hydroxyl groups is 1. The van der Waals surface area contributed by atoms with Crippen LogP contribution in [-0.2, 0) is 6.42 Å². The Morgan fingerprint density at radius 2 is 2.05 bits per heavy atom. The second-order valence-corrected chi connectivity index (χ2v) is 5.82. The number of fused-ring (bicyclic) bond motifs is 1. The van der Waals surface area contributed by atoms with Crippen LogP contribution in [0.3, 0.4) is 0 Å². The Bertz CT molecular complexity index is 699. The first-order valence-electron chi connectivity index (χ1n) is 6.89. The SMILES string of the molecule is Cc1cc(Cl)ccc1C(=O)NC1c2ccccc2CC1O. The predicted octanol–water partition coefficient (Wildman–Crippen LogP) is 3.04. The van der Waals surface area contributed by atoms with E-state index in [4.69, 9.17) is 11.6 Å². The van der Waals surface area contributed by atoms with Gasteiger partial charge in [0.05, 0.1) is 12.1 Å². The van der Waals surface area contributed by atoms with E-state index in [-0.39, 0.29) is 11.9 Å². The lowest BCUT2D eigenvalue weighted by Gasteiger charge is -2.18. The third-order valence-corrected chi connectivity index (χ3v) is 4.16. The summed E-state index contributed by atoms with van der Waals surface area (Å²) < 4.78 is 0. The van der Waals surface area contributed by atoms with Gasteiger partial charge in [0, 0.05) is 17.0 Å². The van der Waals surface area contributed by atoms with Gasteiger partial charge in [-0.2, -0.15) is 0 Å². The second-order valence-electron chi connectivity index (χ2n) is 5.38. The normalized spacial score (nSPS) is 20.1. The fourth-order valence-electron chi connectivity index (χ4n) is 2.85. The number of rotatable bonds is 2. The van der Waals surface area contributed by atoms with E-state index in [0.29, 0.717) is 17.0 Å². The van der Waals surface area contributed by atoms with E-state index >= 15 is 0 Å². The zero-order chi connectivity index (χ0) is 15.0. The van der Waals surface area contributed by atoms with Crippen molar-refractivity contribution in [3.05, 3.63) is 69.7 Å². The number of aryl methyl sites for hydroxylation is 1. The molecule has 2 aromatic carbocycles. The van der Waals surface area contributed by atoms with Gasteiger partial charge in [0.25, 0.3) is 5.91 Å². The summed E-state index contributed by atoms with van der Waals surface area (Å²) in [7, 11) is 0. The van der Waals surface area contributed by atoms with Crippen LogP contribution in [-0.4, -0.2) is 17.1 Å². The summed E-state index contributed by atoms with van der Waals surface area (Å²) in [5.74, 6) is -0.190. The van der Waals surface area contributed by atoms with Gasteiger partial charge in [-0.25, -0.2) is 0 Å². The molecule has 3 nitrogen and oxygen atoms in total. The third kappa shape index (κ3) is 2.67. The van der Waals surface area contributed by atoms with Crippen LogP contribution < -0.4 is 5.32 Å². The Hall–Kier alpha value is -1.84. The highest BCUT2D eigenvalue weighted by Crippen LogP contribution is 2.31. The molecule has 0 bridgehead atoms. The number of nitrogens with one attached hydrogen (secondary N) is 1. The van der Waals surface area contributed by atoms with Crippen molar-refractivity contribution in [3.63, 3.8) is 0 Å². The highest BCUT2D eigenvalue weighted by molar-refractivity contribution is 6.30. The van der Waals surface area contributed by atoms with Gasteiger partial charge in [-0.3, -0.25) is 4.79 Å². The molecule has 0 radical (unpaired) electrons. The van der Waals surface area contributed by atoms with Crippen LogP contribution in [0.4, 0.5) is 0 Å². The molecule has 0 heterocycles. The molecule has 0 spiro atoms. The van der Waals surface area contributed by atoms with Crippen LogP contribution in [0.5, 0.6) is 0 Å². The number of hydrogen-bond acceptors (Lipinski definition) is 2. The van der Waals surface area contributed by atoms with Gasteiger partial charge in [-0.15, -0.1) is 0 Å². The van der Waals surface area contributed by atoms with Crippen molar-refractivity contribution in [2.45, 2.75) is 25.5 Å². The molecule has 2 unspecified atom stereocenters. The first-order valence-corrected chi connectivity index (χ1v) is 7.27. The van der Waals surface area contributed by atoms with Crippen LogP contribution in [0, 0.1) is 6.92 Å². The molecule has 3 rings (SSSR count). The molecule has 0 fully saturated rings. The lowest BCUT2D eigenvalue weighted by Crippen LogP contribution is -2.34. The van der Waals surface area contributed by atoms with Crippen molar-refractivity contribution in [2.24, 2.45) is 0 Å². The van der Waals surface area contributed by atoms with Gasteiger partial charge >= 0.3 is 0 Å². The minimum absolute atomic E-state index is 0.190. The summed E-state index contributed by atoms with van der Waals surface area (Å²) in [4.78, 5) is 12.4. The molecule has 1 aliphatic carbocycles. The Labute approximate surface area is 128 Å². The van der Waals surface area contributed by atoms with Gasteiger partial charge in [0.2, 0.25) is 0 Å². The fourth-order valence-corrected chi connectivity index (χ4v) is 3.08. The highest BCUT2D eigenvalue weighted by Gasteiger charge is 2.32. The average molecular weight is 302 g/mol. The van der Waals surface area contributed by atoms with E-state index in [1.54, 1.807) is 18.2 Å². The Kier molecular flexibility index (Phi) is 3.70. The molecule has 4 heteroatoms. The summed E-state index contributed by atoms with van der Waals surface area (Å²) in [6, 6.07) is 12.6. The average Bonchev–Trinajstić information content (AvgIpc) is 2.75. The number of hydrogen-bond donors (Lipinski definition) is 2. The molecular formula is C17H16ClNO2. The summed E-state index contributed by atoms with van der Waals surface area (Å²) in [5.41, 5.74) is 3.48. The minimum atomic E-state index is -0.584. The molecule has 2 aromatic rings. The van der Waals surface area contributed by atoms with Gasteiger partial charge in [-0.05, 0) is 41.8 Å². The largest absolute Gasteiger partial charge is 0.390 e. The number of benzene rings is 2. The smallest absolute Gasteiger partial charge is 0.252 e. The number of aliphatic hydroxyl groups excluding tert-OH is 1. The molecular weight excluding hydrogens is 286 g/mol. The Morgan fingerprint density at radius 3 is 2.81 bits per heavy atom. The summed E-state index contributed by atoms with van der Waals surface area (Å²) >= 11 is 5.91. The van der Waals surface area contributed by atoms with Crippen LogP contribution in [0.15, 0.2) is 42.5 Å². The van der Waals surface area contributed by atoms with E-state index in [2.05, 4.69) is 5.32 Å². The topological polar surface area (TPSA) is 49.3 Å². The molecule has 1 aliphatic rings. The standard InChI is InChI=1S/C17H16ClNO2/c1-10-8-12(18)6-7-13(10)17(21)19-16-14-5-3-2-4-11(14)9-15(16)20/h2-8,15-16,20H,9H2,1H3,(H,19,21). The Balaban J connectivity index is 1.85. The lowest BCUT2D eigenvalue weighted by molar-refractivity contribution is 0.0857. The number of amides is 1. The fraction of sp³-hybridized carbons (Fsp3) is 0.235. The third-order valence-electron chi connectivity index (χ3n) is 3.92. The van der Waals surface area contributed by atoms with Crippen LogP contribution >= 0.6 is 11.6 Å². The highest BCUT2D eigenvalue weighted by atomic mass is 35.5. The van der Waals surface area contributed by atoms with Crippen molar-refractivity contribution in [1.82, 2.24) is 5.32 Å². The molecule has 108 valence electrons. The summed E-state index contributed by atoms with van der Waals surface area (Å²) in [6.07, 6.45) is -0.0141. The van der Waals surface area contributed by atoms with Crippen LogP contribution in [0.25, 0.3) is 0 Å². The number of carbonyl (C=O) groups is 1. The zero-order valence-corrected chi connectivity index (χ0v) is 12.4.